The second-order valence-electron chi connectivity index (χ2n) is 6.44. The quantitative estimate of drug-likeness (QED) is 0.602. The molecule has 2 rings (SSSR count). The molecule has 0 radical (unpaired) electrons. The molecule has 0 amide bonds. The average Bonchev–Trinajstić information content (AvgIpc) is 2.39. The molecule has 2 aliphatic rings. The van der Waals surface area contributed by atoms with Crippen molar-refractivity contribution < 1.29 is 19.7 Å². The van der Waals surface area contributed by atoms with Crippen LogP contribution in [0.25, 0.3) is 0 Å². The predicted molar refractivity (Wildman–Crippen MR) is 76.0 cm³/mol. The summed E-state index contributed by atoms with van der Waals surface area (Å²) in [6, 6.07) is 0. The van der Waals surface area contributed by atoms with Crippen LogP contribution < -0.4 is 0 Å². The molecule has 112 valence electrons. The summed E-state index contributed by atoms with van der Waals surface area (Å²) < 4.78 is 4.78. The first-order valence-electron chi connectivity index (χ1n) is 7.18. The lowest BCUT2D eigenvalue weighted by atomic mass is 9.58. The number of hydrogen-bond acceptors (Lipinski definition) is 4. The van der Waals surface area contributed by atoms with E-state index in [1.54, 1.807) is 6.08 Å². The molecule has 0 aromatic rings. The Morgan fingerprint density at radius 3 is 2.80 bits per heavy atom. The maximum atomic E-state index is 11.7. The molecule has 1 fully saturated rings. The number of methoxy groups -OCH3 is 1. The van der Waals surface area contributed by atoms with Gasteiger partial charge in [-0.25, -0.2) is 4.79 Å². The van der Waals surface area contributed by atoms with E-state index in [4.69, 9.17) is 4.74 Å². The Bertz CT molecular complexity index is 449. The van der Waals surface area contributed by atoms with Crippen molar-refractivity contribution in [2.75, 3.05) is 7.11 Å². The van der Waals surface area contributed by atoms with Gasteiger partial charge in [0, 0.05) is 17.4 Å². The highest BCUT2D eigenvalue weighted by molar-refractivity contribution is 5.88. The number of esters is 1. The van der Waals surface area contributed by atoms with E-state index in [1.807, 2.05) is 13.8 Å². The van der Waals surface area contributed by atoms with Gasteiger partial charge < -0.3 is 14.9 Å². The van der Waals surface area contributed by atoms with E-state index in [-0.39, 0.29) is 29.6 Å². The van der Waals surface area contributed by atoms with Gasteiger partial charge in [-0.1, -0.05) is 13.5 Å². The number of carbonyl (C=O) groups excluding carboxylic acids is 1. The van der Waals surface area contributed by atoms with E-state index in [9.17, 15) is 15.0 Å². The first kappa shape index (κ1) is 15.1. The molecule has 20 heavy (non-hydrogen) atoms. The zero-order valence-corrected chi connectivity index (χ0v) is 12.4. The maximum Gasteiger partial charge on any atom is 0.333 e. The molecule has 1 saturated carbocycles. The van der Waals surface area contributed by atoms with Gasteiger partial charge in [-0.2, -0.15) is 0 Å². The zero-order chi connectivity index (χ0) is 15.1. The Labute approximate surface area is 120 Å². The summed E-state index contributed by atoms with van der Waals surface area (Å²) in [6.45, 7) is 7.66. The highest BCUT2D eigenvalue weighted by atomic mass is 16.5. The van der Waals surface area contributed by atoms with E-state index in [2.05, 4.69) is 6.58 Å². The van der Waals surface area contributed by atoms with E-state index >= 15 is 0 Å². The van der Waals surface area contributed by atoms with Crippen molar-refractivity contribution in [2.24, 2.45) is 23.7 Å². The highest BCUT2D eigenvalue weighted by Crippen LogP contribution is 2.50. The van der Waals surface area contributed by atoms with Gasteiger partial charge in [0.15, 0.2) is 0 Å². The van der Waals surface area contributed by atoms with E-state index in [1.165, 1.54) is 7.11 Å². The van der Waals surface area contributed by atoms with Crippen LogP contribution in [-0.4, -0.2) is 28.9 Å². The van der Waals surface area contributed by atoms with Crippen LogP contribution in [0, 0.1) is 23.7 Å². The fourth-order valence-corrected chi connectivity index (χ4v) is 3.75. The first-order chi connectivity index (χ1) is 9.27. The third kappa shape index (κ3) is 2.49. The molecule has 0 saturated heterocycles. The van der Waals surface area contributed by atoms with Crippen molar-refractivity contribution in [2.45, 2.75) is 38.7 Å². The van der Waals surface area contributed by atoms with Crippen LogP contribution in [0.15, 0.2) is 24.0 Å². The number of ether oxygens (including phenoxy) is 1. The summed E-state index contributed by atoms with van der Waals surface area (Å²) in [5.74, 6) is 0.0188. The number of allylic oxidation sites excluding steroid dienone is 1. The normalized spacial score (nSPS) is 40.5. The zero-order valence-electron chi connectivity index (χ0n) is 12.4. The van der Waals surface area contributed by atoms with Crippen LogP contribution in [0.4, 0.5) is 0 Å². The number of hydrogen-bond donors (Lipinski definition) is 2. The van der Waals surface area contributed by atoms with Gasteiger partial charge in [0.05, 0.1) is 18.5 Å². The molecular formula is C16H24O4. The van der Waals surface area contributed by atoms with E-state index in [0.29, 0.717) is 17.8 Å². The Kier molecular flexibility index (Phi) is 3.96. The SMILES string of the molecule is C=C(C(=O)OC)C1CCC(C)(O)C2C=C(O)C(C)CC12. The minimum Gasteiger partial charge on any atom is -0.512 e. The van der Waals surface area contributed by atoms with Crippen molar-refractivity contribution in [1.29, 1.82) is 0 Å². The van der Waals surface area contributed by atoms with Crippen LogP contribution in [0.2, 0.25) is 0 Å². The standard InChI is InChI=1S/C16H24O4/c1-9-7-12-11(10(2)15(18)20-4)5-6-16(3,19)13(12)8-14(9)17/h8-9,11-13,17,19H,2,5-7H2,1,3-4H3. The molecule has 4 heteroatoms. The van der Waals surface area contributed by atoms with Crippen molar-refractivity contribution in [3.05, 3.63) is 24.0 Å². The largest absolute Gasteiger partial charge is 0.512 e. The highest BCUT2D eigenvalue weighted by Gasteiger charge is 2.48. The molecule has 2 N–H and O–H groups in total. The van der Waals surface area contributed by atoms with Crippen LogP contribution >= 0.6 is 0 Å². The predicted octanol–water partition coefficient (Wildman–Crippen LogP) is 2.59. The lowest BCUT2D eigenvalue weighted by molar-refractivity contribution is -0.138. The van der Waals surface area contributed by atoms with E-state index < -0.39 is 5.60 Å². The molecule has 0 spiro atoms. The number of aliphatic hydroxyl groups excluding tert-OH is 1. The van der Waals surface area contributed by atoms with E-state index in [0.717, 1.165) is 12.8 Å². The maximum absolute atomic E-state index is 11.7. The van der Waals surface area contributed by atoms with Gasteiger partial charge in [-0.15, -0.1) is 0 Å². The van der Waals surface area contributed by atoms with Crippen molar-refractivity contribution in [1.82, 2.24) is 0 Å². The molecule has 0 aromatic heterocycles. The van der Waals surface area contributed by atoms with Gasteiger partial charge in [0.1, 0.15) is 0 Å². The topological polar surface area (TPSA) is 66.8 Å². The second kappa shape index (κ2) is 5.24. The van der Waals surface area contributed by atoms with Gasteiger partial charge in [0.25, 0.3) is 0 Å². The van der Waals surface area contributed by atoms with Crippen LogP contribution in [-0.2, 0) is 9.53 Å². The minimum absolute atomic E-state index is 0.0134. The summed E-state index contributed by atoms with van der Waals surface area (Å²) in [5.41, 5.74) is -0.355. The Balaban J connectivity index is 2.32. The number of rotatable bonds is 2. The summed E-state index contributed by atoms with van der Waals surface area (Å²) >= 11 is 0. The molecule has 5 atom stereocenters. The summed E-state index contributed by atoms with van der Waals surface area (Å²) in [4.78, 5) is 11.7. The Morgan fingerprint density at radius 1 is 1.55 bits per heavy atom. The third-order valence-corrected chi connectivity index (χ3v) is 5.03. The van der Waals surface area contributed by atoms with Gasteiger partial charge in [-0.3, -0.25) is 0 Å². The van der Waals surface area contributed by atoms with Crippen molar-refractivity contribution in [3.8, 4) is 0 Å². The van der Waals surface area contributed by atoms with Gasteiger partial charge >= 0.3 is 5.97 Å². The fourth-order valence-electron chi connectivity index (χ4n) is 3.75. The lowest BCUT2D eigenvalue weighted by Gasteiger charge is -2.48. The van der Waals surface area contributed by atoms with Gasteiger partial charge in [-0.05, 0) is 44.1 Å². The molecule has 0 bridgehead atoms. The number of aliphatic hydroxyl groups is 2. The molecule has 2 aliphatic carbocycles. The number of carbonyl (C=O) groups is 1. The third-order valence-electron chi connectivity index (χ3n) is 5.03. The van der Waals surface area contributed by atoms with Crippen LogP contribution in [0.1, 0.15) is 33.1 Å². The molecule has 0 aromatic carbocycles. The first-order valence-corrected chi connectivity index (χ1v) is 7.18. The molecular weight excluding hydrogens is 256 g/mol. The molecule has 4 nitrogen and oxygen atoms in total. The Hall–Kier alpha value is -1.29. The summed E-state index contributed by atoms with van der Waals surface area (Å²) in [5, 5.41) is 20.5. The molecule has 0 heterocycles. The Morgan fingerprint density at radius 2 is 2.20 bits per heavy atom. The van der Waals surface area contributed by atoms with Crippen molar-refractivity contribution in [3.63, 3.8) is 0 Å². The lowest BCUT2D eigenvalue weighted by Crippen LogP contribution is -2.48. The summed E-state index contributed by atoms with van der Waals surface area (Å²) in [6.07, 6.45) is 3.84. The van der Waals surface area contributed by atoms with Gasteiger partial charge in [0.2, 0.25) is 0 Å². The second-order valence-corrected chi connectivity index (χ2v) is 6.44. The fraction of sp³-hybridized carbons (Fsp3) is 0.688. The molecule has 0 aliphatic heterocycles. The van der Waals surface area contributed by atoms with Crippen LogP contribution in [0.3, 0.4) is 0 Å². The average molecular weight is 280 g/mol. The van der Waals surface area contributed by atoms with Crippen molar-refractivity contribution >= 4 is 5.97 Å². The summed E-state index contributed by atoms with van der Waals surface area (Å²) in [7, 11) is 1.36. The minimum atomic E-state index is -0.842. The monoisotopic (exact) mass is 280 g/mol. The molecule has 5 unspecified atom stereocenters. The van der Waals surface area contributed by atoms with Crippen LogP contribution in [0.5, 0.6) is 0 Å². The smallest absolute Gasteiger partial charge is 0.333 e. The number of fused-ring (bicyclic) bond motifs is 1.